The van der Waals surface area contributed by atoms with Crippen molar-refractivity contribution in [2.45, 2.75) is 25.1 Å². The van der Waals surface area contributed by atoms with E-state index < -0.39 is 44.5 Å². The van der Waals surface area contributed by atoms with Crippen LogP contribution in [-0.4, -0.2) is 22.0 Å². The summed E-state index contributed by atoms with van der Waals surface area (Å²) in [5.41, 5.74) is 1.24. The summed E-state index contributed by atoms with van der Waals surface area (Å²) in [4.78, 5) is 0. The minimum absolute atomic E-state index is 0.0821. The molecule has 3 nitrogen and oxygen atoms in total. The summed E-state index contributed by atoms with van der Waals surface area (Å²) in [7, 11) is -8.69. The second-order valence-electron chi connectivity index (χ2n) is 12.3. The fourth-order valence-corrected chi connectivity index (χ4v) is 14.1. The maximum absolute atomic E-state index is 16.3. The van der Waals surface area contributed by atoms with Crippen molar-refractivity contribution in [1.82, 2.24) is 0 Å². The van der Waals surface area contributed by atoms with Gasteiger partial charge in [-0.25, -0.2) is 0 Å². The molecular weight excluding hydrogens is 767 g/mol. The Labute approximate surface area is 287 Å². The Hall–Kier alpha value is -3.84. The predicted octanol–water partition coefficient (Wildman–Crippen LogP) is 11.4. The molecule has 0 N–H and O–H groups in total. The van der Waals surface area contributed by atoms with Crippen LogP contribution in [0.2, 0.25) is 19.6 Å². The molecule has 10 heteroatoms. The summed E-state index contributed by atoms with van der Waals surface area (Å²) in [6, 6.07) is 42.6. The number of halogens is 5. The molecule has 6 rings (SSSR count). The Kier molecular flexibility index (Phi) is 9.38. The van der Waals surface area contributed by atoms with Crippen molar-refractivity contribution >= 4 is 55.0 Å². The SMILES string of the molecule is C[Si](C)(C)c1cc2c(-c3ccccc3)c(-c3ccccc3)c(-c3ccccc3)c(-c3ccccc3)c2cc1I(F)OS(=O)(=O)C(F)(F)F. The van der Waals surface area contributed by atoms with E-state index in [-0.39, 0.29) is 3.57 Å². The number of hydrogen-bond acceptors (Lipinski definition) is 3. The summed E-state index contributed by atoms with van der Waals surface area (Å²) in [5.74, 6) is 0. The molecule has 0 amide bonds. The van der Waals surface area contributed by atoms with Gasteiger partial charge in [0.15, 0.2) is 0 Å². The van der Waals surface area contributed by atoms with Crippen LogP contribution in [0.3, 0.4) is 0 Å². The number of benzene rings is 6. The average molecular weight is 799 g/mol. The topological polar surface area (TPSA) is 43.4 Å². The summed E-state index contributed by atoms with van der Waals surface area (Å²) in [5, 5.41) is 1.88. The number of alkyl halides is 3. The van der Waals surface area contributed by atoms with E-state index in [4.69, 9.17) is 0 Å². The van der Waals surface area contributed by atoms with Gasteiger partial charge in [-0.2, -0.15) is 0 Å². The number of rotatable bonds is 8. The first kappa shape index (κ1) is 34.0. The molecular formula is C38H31F4IO3SSi. The van der Waals surface area contributed by atoms with E-state index in [0.29, 0.717) is 10.6 Å². The van der Waals surface area contributed by atoms with E-state index in [9.17, 15) is 21.6 Å². The first-order chi connectivity index (χ1) is 22.8. The van der Waals surface area contributed by atoms with Gasteiger partial charge in [0.1, 0.15) is 0 Å². The van der Waals surface area contributed by atoms with Gasteiger partial charge in [0.05, 0.1) is 0 Å². The second-order valence-corrected chi connectivity index (χ2v) is 22.2. The Bertz CT molecular complexity index is 2190. The summed E-state index contributed by atoms with van der Waals surface area (Å²) >= 11 is -4.90. The molecule has 0 atom stereocenters. The third-order valence-corrected chi connectivity index (χ3v) is 15.6. The van der Waals surface area contributed by atoms with Gasteiger partial charge in [-0.3, -0.25) is 0 Å². The molecule has 0 aliphatic heterocycles. The third-order valence-electron chi connectivity index (χ3n) is 8.04. The van der Waals surface area contributed by atoms with E-state index in [2.05, 4.69) is 2.51 Å². The van der Waals surface area contributed by atoms with Crippen LogP contribution in [0.5, 0.6) is 0 Å². The van der Waals surface area contributed by atoms with E-state index in [1.165, 1.54) is 0 Å². The van der Waals surface area contributed by atoms with Crippen LogP contribution in [0, 0.1) is 3.57 Å². The molecule has 0 bridgehead atoms. The zero-order chi connectivity index (χ0) is 34.3. The molecule has 246 valence electrons. The van der Waals surface area contributed by atoms with Gasteiger partial charge in [0.2, 0.25) is 0 Å². The molecule has 0 fully saturated rings. The fourth-order valence-electron chi connectivity index (χ4n) is 5.94. The molecule has 48 heavy (non-hydrogen) atoms. The molecule has 0 radical (unpaired) electrons. The van der Waals surface area contributed by atoms with Crippen LogP contribution in [0.25, 0.3) is 55.3 Å². The van der Waals surface area contributed by atoms with Gasteiger partial charge in [-0.1, -0.05) is 0 Å². The van der Waals surface area contributed by atoms with Crippen molar-refractivity contribution < 1.29 is 27.0 Å². The zero-order valence-electron chi connectivity index (χ0n) is 26.2. The predicted molar refractivity (Wildman–Crippen MR) is 199 cm³/mol. The Balaban J connectivity index is 1.87. The van der Waals surface area contributed by atoms with Gasteiger partial charge >= 0.3 is 289 Å². The van der Waals surface area contributed by atoms with E-state index in [1.54, 1.807) is 6.07 Å². The first-order valence-corrected chi connectivity index (χ1v) is 22.7. The van der Waals surface area contributed by atoms with Crippen LogP contribution >= 0.6 is 20.8 Å². The standard InChI is InChI=1S/C38H31F4IO3SSi/c1-48(2,3)33-25-31-30(24-32(33)43(42)46-47(44,45)38(39,40)41)34(26-16-8-4-9-17-26)36(28-20-12-6-13-21-28)37(29-22-14-7-15-23-29)35(31)27-18-10-5-11-19-27/h4-25H,1-3H3. The van der Waals surface area contributed by atoms with Crippen molar-refractivity contribution in [2.24, 2.45) is 0 Å². The van der Waals surface area contributed by atoms with Crippen LogP contribution in [0.1, 0.15) is 0 Å². The molecule has 0 aliphatic carbocycles. The van der Waals surface area contributed by atoms with Crippen LogP contribution in [-0.2, 0) is 12.6 Å². The third kappa shape index (κ3) is 6.58. The number of hydrogen-bond donors (Lipinski definition) is 0. The van der Waals surface area contributed by atoms with E-state index in [0.717, 1.165) is 49.9 Å². The molecule has 0 unspecified atom stereocenters. The van der Waals surface area contributed by atoms with Gasteiger partial charge in [0.25, 0.3) is 0 Å². The van der Waals surface area contributed by atoms with Gasteiger partial charge in [-0.15, -0.1) is 0 Å². The van der Waals surface area contributed by atoms with E-state index >= 15 is 2.86 Å². The van der Waals surface area contributed by atoms with Crippen molar-refractivity contribution in [3.05, 3.63) is 137 Å². The number of fused-ring (bicyclic) bond motifs is 1. The normalized spacial score (nSPS) is 12.7. The van der Waals surface area contributed by atoms with Crippen molar-refractivity contribution in [3.63, 3.8) is 0 Å². The van der Waals surface area contributed by atoms with Crippen molar-refractivity contribution in [3.8, 4) is 44.5 Å². The Morgan fingerprint density at radius 1 is 0.562 bits per heavy atom. The zero-order valence-corrected chi connectivity index (χ0v) is 30.2. The van der Waals surface area contributed by atoms with Crippen LogP contribution in [0.4, 0.5) is 16.0 Å². The van der Waals surface area contributed by atoms with Gasteiger partial charge < -0.3 is 0 Å². The first-order valence-electron chi connectivity index (χ1n) is 15.1. The van der Waals surface area contributed by atoms with E-state index in [1.807, 2.05) is 147 Å². The Morgan fingerprint density at radius 3 is 1.23 bits per heavy atom. The second kappa shape index (κ2) is 13.2. The average Bonchev–Trinajstić information content (AvgIpc) is 3.07. The fraction of sp³-hybridized carbons (Fsp3) is 0.105. The maximum atomic E-state index is 16.3. The van der Waals surface area contributed by atoms with Crippen molar-refractivity contribution in [2.75, 3.05) is 0 Å². The van der Waals surface area contributed by atoms with Crippen LogP contribution in [0.15, 0.2) is 133 Å². The summed E-state index contributed by atoms with van der Waals surface area (Å²) < 4.78 is 85.1. The quantitative estimate of drug-likeness (QED) is 0.0667. The van der Waals surface area contributed by atoms with Crippen molar-refractivity contribution in [1.29, 1.82) is 0 Å². The monoisotopic (exact) mass is 798 g/mol. The molecule has 0 aromatic heterocycles. The summed E-state index contributed by atoms with van der Waals surface area (Å²) in [6.07, 6.45) is 0. The molecule has 0 saturated carbocycles. The minimum atomic E-state index is -6.16. The molecule has 0 spiro atoms. The molecule has 0 heterocycles. The van der Waals surface area contributed by atoms with Crippen LogP contribution < -0.4 is 5.19 Å². The summed E-state index contributed by atoms with van der Waals surface area (Å²) in [6.45, 7) is 5.87. The molecule has 0 saturated heterocycles. The van der Waals surface area contributed by atoms with Gasteiger partial charge in [0, 0.05) is 0 Å². The Morgan fingerprint density at radius 2 is 0.896 bits per heavy atom. The molecule has 0 aliphatic rings. The van der Waals surface area contributed by atoms with Gasteiger partial charge in [-0.05, 0) is 0 Å². The molecule has 6 aromatic carbocycles. The molecule has 6 aromatic rings.